The fraction of sp³-hybridized carbons (Fsp3) is 0.0526. The fourth-order valence-electron chi connectivity index (χ4n) is 2.40. The van der Waals surface area contributed by atoms with Crippen LogP contribution in [0.4, 0.5) is 14.5 Å². The summed E-state index contributed by atoms with van der Waals surface area (Å²) in [6, 6.07) is 11.6. The van der Waals surface area contributed by atoms with Crippen LogP contribution in [-0.4, -0.2) is 26.1 Å². The van der Waals surface area contributed by atoms with Crippen molar-refractivity contribution in [3.05, 3.63) is 76.4 Å². The topological polar surface area (TPSA) is 83.6 Å². The van der Waals surface area contributed by atoms with Gasteiger partial charge in [0.2, 0.25) is 5.01 Å². The van der Waals surface area contributed by atoms with E-state index in [-0.39, 0.29) is 16.6 Å². The minimum atomic E-state index is -0.401. The maximum absolute atomic E-state index is 13.0. The largest absolute Gasteiger partial charge is 0.333 e. The molecule has 146 valence electrons. The van der Waals surface area contributed by atoms with E-state index in [0.29, 0.717) is 21.6 Å². The van der Waals surface area contributed by atoms with Gasteiger partial charge in [0.25, 0.3) is 5.91 Å². The van der Waals surface area contributed by atoms with E-state index >= 15 is 0 Å². The molecule has 0 spiro atoms. The van der Waals surface area contributed by atoms with Gasteiger partial charge in [-0.15, -0.1) is 10.2 Å². The molecule has 2 N–H and O–H groups in total. The molecule has 0 radical (unpaired) electrons. The Kier molecular flexibility index (Phi) is 5.63. The lowest BCUT2D eigenvalue weighted by Crippen LogP contribution is -2.11. The summed E-state index contributed by atoms with van der Waals surface area (Å²) < 4.78 is 26.0. The Morgan fingerprint density at radius 1 is 1.03 bits per heavy atom. The second-order valence-corrected chi connectivity index (χ2v) is 7.89. The number of aromatic amines is 1. The monoisotopic (exact) mass is 429 g/mol. The van der Waals surface area contributed by atoms with Crippen LogP contribution in [0.3, 0.4) is 0 Å². The number of imidazole rings is 1. The van der Waals surface area contributed by atoms with Gasteiger partial charge in [-0.05, 0) is 54.1 Å². The second-order valence-electron chi connectivity index (χ2n) is 5.86. The first-order chi connectivity index (χ1) is 14.1. The lowest BCUT2D eigenvalue weighted by Gasteiger charge is -2.01. The maximum atomic E-state index is 13.0. The van der Waals surface area contributed by atoms with E-state index in [2.05, 4.69) is 25.5 Å². The molecule has 10 heteroatoms. The van der Waals surface area contributed by atoms with Crippen molar-refractivity contribution in [1.29, 1.82) is 0 Å². The molecule has 2 heterocycles. The molecule has 0 saturated heterocycles. The number of nitrogens with zero attached hydrogens (tertiary/aromatic N) is 3. The second kappa shape index (κ2) is 8.50. The van der Waals surface area contributed by atoms with E-state index in [4.69, 9.17) is 0 Å². The maximum Gasteiger partial charge on any atom is 0.286 e. The third kappa shape index (κ3) is 4.84. The van der Waals surface area contributed by atoms with Crippen LogP contribution < -0.4 is 5.32 Å². The number of hydrogen-bond acceptors (Lipinski definition) is 6. The number of nitrogens with one attached hydrogen (secondary N) is 2. The summed E-state index contributed by atoms with van der Waals surface area (Å²) in [7, 11) is 0. The van der Waals surface area contributed by atoms with Crippen molar-refractivity contribution in [2.24, 2.45) is 0 Å². The number of amides is 1. The first-order valence-electron chi connectivity index (χ1n) is 8.40. The van der Waals surface area contributed by atoms with E-state index in [1.165, 1.54) is 59.5 Å². The van der Waals surface area contributed by atoms with Crippen molar-refractivity contribution in [2.45, 2.75) is 10.9 Å². The molecule has 4 aromatic rings. The van der Waals surface area contributed by atoms with Crippen LogP contribution in [0.5, 0.6) is 0 Å². The number of benzene rings is 2. The van der Waals surface area contributed by atoms with Crippen LogP contribution in [0.25, 0.3) is 11.3 Å². The number of hydrogen-bond donors (Lipinski definition) is 2. The van der Waals surface area contributed by atoms with Crippen molar-refractivity contribution in [3.8, 4) is 11.3 Å². The third-order valence-corrected chi connectivity index (χ3v) is 5.81. The smallest absolute Gasteiger partial charge is 0.286 e. The van der Waals surface area contributed by atoms with Gasteiger partial charge in [0.05, 0.1) is 17.6 Å². The van der Waals surface area contributed by atoms with Crippen molar-refractivity contribution in [3.63, 3.8) is 0 Å². The molecule has 0 aliphatic rings. The van der Waals surface area contributed by atoms with E-state index in [1.807, 2.05) is 0 Å². The molecule has 0 unspecified atom stereocenters. The summed E-state index contributed by atoms with van der Waals surface area (Å²) in [6.07, 6.45) is 1.68. The molecular formula is C19H13F2N5OS2. The Balaban J connectivity index is 1.35. The van der Waals surface area contributed by atoms with Gasteiger partial charge in [-0.3, -0.25) is 4.79 Å². The van der Waals surface area contributed by atoms with Crippen LogP contribution in [0.1, 0.15) is 14.8 Å². The first kappa shape index (κ1) is 19.2. The predicted octanol–water partition coefficient (Wildman–Crippen LogP) is 4.75. The molecule has 0 fully saturated rings. The van der Waals surface area contributed by atoms with Gasteiger partial charge in [0, 0.05) is 5.69 Å². The first-order valence-corrected chi connectivity index (χ1v) is 10.2. The molecule has 0 aliphatic carbocycles. The summed E-state index contributed by atoms with van der Waals surface area (Å²) in [6.45, 7) is 0. The lowest BCUT2D eigenvalue weighted by molar-refractivity contribution is 0.102. The summed E-state index contributed by atoms with van der Waals surface area (Å²) in [5.41, 5.74) is 2.09. The zero-order chi connectivity index (χ0) is 20.2. The highest BCUT2D eigenvalue weighted by molar-refractivity contribution is 7.98. The zero-order valence-corrected chi connectivity index (χ0v) is 16.4. The van der Waals surface area contributed by atoms with Gasteiger partial charge < -0.3 is 10.3 Å². The number of H-pyrrole nitrogens is 1. The molecule has 0 atom stereocenters. The minimum absolute atomic E-state index is 0.219. The van der Waals surface area contributed by atoms with E-state index < -0.39 is 5.91 Å². The van der Waals surface area contributed by atoms with Gasteiger partial charge in [0.1, 0.15) is 16.6 Å². The van der Waals surface area contributed by atoms with Crippen molar-refractivity contribution >= 4 is 34.7 Å². The van der Waals surface area contributed by atoms with Gasteiger partial charge in [-0.1, -0.05) is 23.1 Å². The number of anilines is 1. The molecular weight excluding hydrogens is 416 g/mol. The van der Waals surface area contributed by atoms with Crippen LogP contribution >= 0.6 is 23.1 Å². The zero-order valence-electron chi connectivity index (χ0n) is 14.7. The lowest BCUT2D eigenvalue weighted by atomic mass is 10.2. The van der Waals surface area contributed by atoms with E-state index in [9.17, 15) is 13.6 Å². The molecule has 6 nitrogen and oxygen atoms in total. The Hall–Kier alpha value is -3.11. The number of aromatic nitrogens is 4. The highest BCUT2D eigenvalue weighted by Gasteiger charge is 2.14. The molecule has 2 aromatic heterocycles. The summed E-state index contributed by atoms with van der Waals surface area (Å²) >= 11 is 2.59. The Labute approximate surface area is 172 Å². The van der Waals surface area contributed by atoms with E-state index in [1.54, 1.807) is 18.3 Å². The number of halogens is 2. The number of carbonyl (C=O) groups is 1. The molecule has 29 heavy (non-hydrogen) atoms. The van der Waals surface area contributed by atoms with Crippen LogP contribution in [0, 0.1) is 11.6 Å². The highest BCUT2D eigenvalue weighted by atomic mass is 32.2. The molecule has 1 amide bonds. The van der Waals surface area contributed by atoms with Crippen LogP contribution in [0.2, 0.25) is 0 Å². The van der Waals surface area contributed by atoms with Crippen molar-refractivity contribution in [2.75, 3.05) is 5.32 Å². The number of thioether (sulfide) groups is 1. The summed E-state index contributed by atoms with van der Waals surface area (Å²) in [5, 5.41) is 12.1. The number of rotatable bonds is 6. The number of carbonyl (C=O) groups excluding carboxylic acids is 1. The van der Waals surface area contributed by atoms with E-state index in [0.717, 1.165) is 11.3 Å². The molecule has 0 bridgehead atoms. The fourth-order valence-corrected chi connectivity index (χ4v) is 3.97. The third-order valence-electron chi connectivity index (χ3n) is 3.80. The Morgan fingerprint density at radius 2 is 1.72 bits per heavy atom. The molecule has 2 aromatic carbocycles. The highest BCUT2D eigenvalue weighted by Crippen LogP contribution is 2.25. The average Bonchev–Trinajstić information content (AvgIpc) is 3.38. The summed E-state index contributed by atoms with van der Waals surface area (Å²) in [5.74, 6) is -0.586. The van der Waals surface area contributed by atoms with Gasteiger partial charge in [-0.25, -0.2) is 13.8 Å². The standard InChI is InChI=1S/C19H13F2N5OS2/c20-12-3-1-11(2-4-12)15-9-22-19(24-15)28-10-16-25-26-18(29-16)17(27)23-14-7-5-13(21)6-8-14/h1-9H,10H2,(H,22,24)(H,23,27). The predicted molar refractivity (Wildman–Crippen MR) is 108 cm³/mol. The Bertz CT molecular complexity index is 1130. The van der Waals surface area contributed by atoms with Crippen molar-refractivity contribution in [1.82, 2.24) is 20.2 Å². The van der Waals surface area contributed by atoms with Gasteiger partial charge in [0.15, 0.2) is 5.16 Å². The van der Waals surface area contributed by atoms with Crippen molar-refractivity contribution < 1.29 is 13.6 Å². The minimum Gasteiger partial charge on any atom is -0.333 e. The van der Waals surface area contributed by atoms with Crippen LogP contribution in [0.15, 0.2) is 59.9 Å². The van der Waals surface area contributed by atoms with Crippen LogP contribution in [-0.2, 0) is 5.75 Å². The SMILES string of the molecule is O=C(Nc1ccc(F)cc1)c1nnc(CSc2ncc(-c3ccc(F)cc3)[nH]2)s1. The quantitative estimate of drug-likeness (QED) is 0.432. The molecule has 0 saturated carbocycles. The van der Waals surface area contributed by atoms with Gasteiger partial charge >= 0.3 is 0 Å². The van der Waals surface area contributed by atoms with Gasteiger partial charge in [-0.2, -0.15) is 0 Å². The molecule has 0 aliphatic heterocycles. The Morgan fingerprint density at radius 3 is 2.45 bits per heavy atom. The summed E-state index contributed by atoms with van der Waals surface area (Å²) in [4.78, 5) is 19.7. The average molecular weight is 429 g/mol. The normalized spacial score (nSPS) is 10.8. The molecule has 4 rings (SSSR count).